The first-order chi connectivity index (χ1) is 7.50. The van der Waals surface area contributed by atoms with E-state index in [0.29, 0.717) is 5.56 Å². The van der Waals surface area contributed by atoms with Crippen molar-refractivity contribution >= 4 is 28.0 Å². The summed E-state index contributed by atoms with van der Waals surface area (Å²) in [5, 5.41) is 9.21. The second-order valence-corrected chi connectivity index (χ2v) is 4.89. The van der Waals surface area contributed by atoms with Crippen LogP contribution < -0.4 is 0 Å². The zero-order chi connectivity index (χ0) is 12.2. The molecule has 0 fully saturated rings. The van der Waals surface area contributed by atoms with E-state index in [9.17, 15) is 14.7 Å². The van der Waals surface area contributed by atoms with Gasteiger partial charge in [-0.15, -0.1) is 0 Å². The van der Waals surface area contributed by atoms with Gasteiger partial charge in [-0.2, -0.15) is 0 Å². The number of ether oxygens (including phenoxy) is 1. The molecule has 16 heavy (non-hydrogen) atoms. The van der Waals surface area contributed by atoms with Crippen molar-refractivity contribution in [2.24, 2.45) is 0 Å². The Hall–Kier alpha value is -1.32. The molecule has 86 valence electrons. The Morgan fingerprint density at radius 2 is 1.94 bits per heavy atom. The number of carbonyl (C=O) groups excluding carboxylic acids is 1. The summed E-state index contributed by atoms with van der Waals surface area (Å²) in [6.45, 7) is 0. The van der Waals surface area contributed by atoms with E-state index in [-0.39, 0.29) is 6.42 Å². The van der Waals surface area contributed by atoms with Crippen LogP contribution in [0, 0.1) is 0 Å². The predicted molar refractivity (Wildman–Crippen MR) is 59.5 cm³/mol. The van der Waals surface area contributed by atoms with Gasteiger partial charge in [-0.05, 0) is 0 Å². The van der Waals surface area contributed by atoms with Gasteiger partial charge < -0.3 is 0 Å². The fourth-order valence-corrected chi connectivity index (χ4v) is 1.88. The van der Waals surface area contributed by atoms with E-state index in [1.165, 1.54) is 7.11 Å². The van der Waals surface area contributed by atoms with E-state index < -0.39 is 16.3 Å². The standard InChI is InChI=1S/C11H12O4Se/c1-15-9(12)7-11(16,10(13)14)8-5-3-2-4-6-8/h2-6,16H,7H2,1H3,(H,13,14). The first kappa shape index (κ1) is 12.7. The molecule has 0 saturated carbocycles. The maximum absolute atomic E-state index is 11.2. The van der Waals surface area contributed by atoms with Gasteiger partial charge in [0.25, 0.3) is 0 Å². The summed E-state index contributed by atoms with van der Waals surface area (Å²) >= 11 is 2.04. The van der Waals surface area contributed by atoms with Crippen molar-refractivity contribution in [1.82, 2.24) is 0 Å². The van der Waals surface area contributed by atoms with Crippen molar-refractivity contribution in [3.63, 3.8) is 0 Å². The van der Waals surface area contributed by atoms with Crippen molar-refractivity contribution in [2.75, 3.05) is 7.11 Å². The third-order valence-corrected chi connectivity index (χ3v) is 3.51. The molecule has 1 atom stereocenters. The molecule has 0 heterocycles. The Balaban J connectivity index is 3.07. The number of hydrogen-bond donors (Lipinski definition) is 1. The van der Waals surface area contributed by atoms with Gasteiger partial charge in [-0.3, -0.25) is 0 Å². The molecule has 1 unspecified atom stereocenters. The number of benzene rings is 1. The number of carbonyl (C=O) groups is 2. The van der Waals surface area contributed by atoms with Crippen LogP contribution in [0.1, 0.15) is 12.0 Å². The average Bonchev–Trinajstić information content (AvgIpc) is 2.29. The molecule has 0 spiro atoms. The SMILES string of the molecule is COC(=O)CC([SeH])(C(=O)O)c1ccccc1. The molecule has 1 aromatic rings. The van der Waals surface area contributed by atoms with Gasteiger partial charge in [0.05, 0.1) is 0 Å². The fourth-order valence-electron chi connectivity index (χ4n) is 1.30. The van der Waals surface area contributed by atoms with Crippen LogP contribution in [-0.4, -0.2) is 40.2 Å². The molecule has 0 aliphatic carbocycles. The number of carboxylic acids is 1. The predicted octanol–water partition coefficient (Wildman–Crippen LogP) is 0.430. The summed E-state index contributed by atoms with van der Waals surface area (Å²) in [6.07, 6.45) is -0.206. The van der Waals surface area contributed by atoms with Crippen LogP contribution in [-0.2, 0) is 18.6 Å². The van der Waals surface area contributed by atoms with E-state index in [1.54, 1.807) is 30.3 Å². The van der Waals surface area contributed by atoms with E-state index in [4.69, 9.17) is 0 Å². The van der Waals surface area contributed by atoms with E-state index in [1.807, 2.05) is 16.0 Å². The first-order valence-electron chi connectivity index (χ1n) is 4.59. The van der Waals surface area contributed by atoms with Crippen LogP contribution in [0.25, 0.3) is 0 Å². The van der Waals surface area contributed by atoms with E-state index in [2.05, 4.69) is 4.74 Å². The number of aliphatic carboxylic acids is 1. The molecular formula is C11H12O4Se. The third kappa shape index (κ3) is 2.62. The summed E-state index contributed by atoms with van der Waals surface area (Å²) < 4.78 is 3.20. The molecule has 0 bridgehead atoms. The van der Waals surface area contributed by atoms with Gasteiger partial charge in [-0.25, -0.2) is 0 Å². The number of esters is 1. The quantitative estimate of drug-likeness (QED) is 0.644. The molecule has 1 N–H and O–H groups in total. The zero-order valence-electron chi connectivity index (χ0n) is 8.71. The minimum atomic E-state index is -1.30. The Labute approximate surface area is 101 Å². The molecular weight excluding hydrogens is 275 g/mol. The van der Waals surface area contributed by atoms with Crippen molar-refractivity contribution < 1.29 is 19.4 Å². The summed E-state index contributed by atoms with van der Waals surface area (Å²) in [6, 6.07) is 8.61. The number of rotatable bonds is 4. The third-order valence-electron chi connectivity index (χ3n) is 2.23. The molecule has 0 saturated heterocycles. The monoisotopic (exact) mass is 288 g/mol. The van der Waals surface area contributed by atoms with Crippen LogP contribution >= 0.6 is 0 Å². The number of carboxylic acid groups (broad SMARTS) is 1. The number of methoxy groups -OCH3 is 1. The van der Waals surface area contributed by atoms with E-state index in [0.717, 1.165) is 0 Å². The van der Waals surface area contributed by atoms with Crippen molar-refractivity contribution in [3.8, 4) is 0 Å². The zero-order valence-corrected chi connectivity index (χ0v) is 10.6. The molecule has 0 radical (unpaired) electrons. The fraction of sp³-hybridized carbons (Fsp3) is 0.273. The second kappa shape index (κ2) is 5.14. The summed E-state index contributed by atoms with van der Waals surface area (Å²) in [4.78, 5) is 22.5. The van der Waals surface area contributed by atoms with Gasteiger partial charge in [0.2, 0.25) is 0 Å². The van der Waals surface area contributed by atoms with Gasteiger partial charge in [-0.1, -0.05) is 0 Å². The molecule has 0 aromatic heterocycles. The maximum atomic E-state index is 11.2. The molecule has 0 aliphatic heterocycles. The van der Waals surface area contributed by atoms with Gasteiger partial charge in [0.1, 0.15) is 0 Å². The van der Waals surface area contributed by atoms with Crippen LogP contribution in [0.15, 0.2) is 30.3 Å². The Morgan fingerprint density at radius 3 is 2.38 bits per heavy atom. The molecule has 1 aromatic carbocycles. The van der Waals surface area contributed by atoms with Gasteiger partial charge in [0, 0.05) is 0 Å². The Bertz CT molecular complexity index is 390. The summed E-state index contributed by atoms with van der Waals surface area (Å²) in [7, 11) is 1.24. The van der Waals surface area contributed by atoms with Crippen molar-refractivity contribution in [2.45, 2.75) is 10.7 Å². The summed E-state index contributed by atoms with van der Waals surface area (Å²) in [5.74, 6) is -1.61. The molecule has 1 rings (SSSR count). The topological polar surface area (TPSA) is 63.6 Å². The van der Waals surface area contributed by atoms with Crippen molar-refractivity contribution in [1.29, 1.82) is 0 Å². The van der Waals surface area contributed by atoms with Crippen molar-refractivity contribution in [3.05, 3.63) is 35.9 Å². The van der Waals surface area contributed by atoms with Gasteiger partial charge in [0.15, 0.2) is 0 Å². The molecule has 0 aliphatic rings. The Kier molecular flexibility index (Phi) is 4.10. The van der Waals surface area contributed by atoms with Crippen LogP contribution in [0.3, 0.4) is 0 Å². The molecule has 5 heteroatoms. The molecule has 0 amide bonds. The summed E-state index contributed by atoms with van der Waals surface area (Å²) in [5.41, 5.74) is 0.563. The van der Waals surface area contributed by atoms with E-state index >= 15 is 0 Å². The van der Waals surface area contributed by atoms with Crippen LogP contribution in [0.5, 0.6) is 0 Å². The van der Waals surface area contributed by atoms with Crippen LogP contribution in [0.2, 0.25) is 0 Å². The van der Waals surface area contributed by atoms with Crippen LogP contribution in [0.4, 0.5) is 0 Å². The average molecular weight is 287 g/mol. The minimum absolute atomic E-state index is 0.206. The second-order valence-electron chi connectivity index (χ2n) is 3.28. The number of hydrogen-bond acceptors (Lipinski definition) is 3. The molecule has 4 nitrogen and oxygen atoms in total. The first-order valence-corrected chi connectivity index (χ1v) is 5.52. The normalized spacial score (nSPS) is 13.9. The van der Waals surface area contributed by atoms with Gasteiger partial charge >= 0.3 is 101 Å². The Morgan fingerprint density at radius 1 is 1.38 bits per heavy atom.